The molecular formula is C24H22ClF2N5O2. The lowest BCUT2D eigenvalue weighted by Gasteiger charge is -2.16. The maximum absolute atomic E-state index is 14.3. The molecule has 7 nitrogen and oxygen atoms in total. The molecule has 1 amide bonds. The molecule has 0 fully saturated rings. The Labute approximate surface area is 200 Å². The van der Waals surface area contributed by atoms with E-state index in [0.717, 1.165) is 6.08 Å². The summed E-state index contributed by atoms with van der Waals surface area (Å²) in [5, 5.41) is 15.6. The standard InChI is InChI=1S/C24H22ClF2N5O2/c1-4-34-22-11-20-16(10-21(22)31-24(33)19(27)7-8-32(2)3)23(14(12-28)13-29-20)30-15-5-6-18(26)17(25)9-15/h5-7,9-11,13H,4,8H2,1-3H3,(H,29,30)(H,31,33)/b19-7-. The molecule has 0 spiro atoms. The summed E-state index contributed by atoms with van der Waals surface area (Å²) in [5.41, 5.74) is 1.65. The molecule has 0 saturated heterocycles. The molecule has 176 valence electrons. The number of hydrogen-bond donors (Lipinski definition) is 2. The quantitative estimate of drug-likeness (QED) is 0.415. The van der Waals surface area contributed by atoms with E-state index in [2.05, 4.69) is 21.7 Å². The van der Waals surface area contributed by atoms with Crippen molar-refractivity contribution in [1.29, 1.82) is 5.26 Å². The average Bonchev–Trinajstić information content (AvgIpc) is 2.80. The predicted octanol–water partition coefficient (Wildman–Crippen LogP) is 5.39. The SMILES string of the molecule is CCOc1cc2ncc(C#N)c(Nc3ccc(F)c(Cl)c3)c2cc1NC(=O)/C(F)=C/CN(C)C. The van der Waals surface area contributed by atoms with Crippen LogP contribution in [0.25, 0.3) is 10.9 Å². The number of carbonyl (C=O) groups is 1. The van der Waals surface area contributed by atoms with Crippen LogP contribution in [0.3, 0.4) is 0 Å². The van der Waals surface area contributed by atoms with Crippen LogP contribution in [0.1, 0.15) is 12.5 Å². The second kappa shape index (κ2) is 10.9. The maximum atomic E-state index is 14.3. The Balaban J connectivity index is 2.09. The van der Waals surface area contributed by atoms with Gasteiger partial charge in [0.1, 0.15) is 17.6 Å². The Kier molecular flexibility index (Phi) is 7.99. The second-order valence-corrected chi connectivity index (χ2v) is 7.89. The Hall–Kier alpha value is -3.74. The third-order valence-corrected chi connectivity index (χ3v) is 4.97. The third-order valence-electron chi connectivity index (χ3n) is 4.68. The zero-order valence-corrected chi connectivity index (χ0v) is 19.5. The topological polar surface area (TPSA) is 90.3 Å². The van der Waals surface area contributed by atoms with Crippen molar-refractivity contribution < 1.29 is 18.3 Å². The Morgan fingerprint density at radius 1 is 1.32 bits per heavy atom. The summed E-state index contributed by atoms with van der Waals surface area (Å²) in [5.74, 6) is -2.18. The van der Waals surface area contributed by atoms with Gasteiger partial charge >= 0.3 is 0 Å². The number of hydrogen-bond acceptors (Lipinski definition) is 6. The van der Waals surface area contributed by atoms with Gasteiger partial charge in [-0.3, -0.25) is 9.78 Å². The summed E-state index contributed by atoms with van der Waals surface area (Å²) < 4.78 is 33.5. The van der Waals surface area contributed by atoms with Crippen molar-refractivity contribution in [3.8, 4) is 11.8 Å². The fourth-order valence-corrected chi connectivity index (χ4v) is 3.25. The van der Waals surface area contributed by atoms with Gasteiger partial charge in [-0.2, -0.15) is 5.26 Å². The fourth-order valence-electron chi connectivity index (χ4n) is 3.07. The zero-order valence-electron chi connectivity index (χ0n) is 18.7. The highest BCUT2D eigenvalue weighted by molar-refractivity contribution is 6.31. The van der Waals surface area contributed by atoms with Crippen LogP contribution in [0.2, 0.25) is 5.02 Å². The summed E-state index contributed by atoms with van der Waals surface area (Å²) in [6.45, 7) is 2.31. The normalized spacial score (nSPS) is 11.4. The first-order valence-corrected chi connectivity index (χ1v) is 10.6. The van der Waals surface area contributed by atoms with E-state index in [-0.39, 0.29) is 28.6 Å². The van der Waals surface area contributed by atoms with E-state index < -0.39 is 17.6 Å². The van der Waals surface area contributed by atoms with Gasteiger partial charge in [-0.25, -0.2) is 8.78 Å². The lowest BCUT2D eigenvalue weighted by molar-refractivity contribution is -0.114. The summed E-state index contributed by atoms with van der Waals surface area (Å²) in [6, 6.07) is 9.23. The predicted molar refractivity (Wildman–Crippen MR) is 129 cm³/mol. The Bertz CT molecular complexity index is 1300. The summed E-state index contributed by atoms with van der Waals surface area (Å²) in [6.07, 6.45) is 2.55. The van der Waals surface area contributed by atoms with Crippen LogP contribution in [0, 0.1) is 17.1 Å². The molecule has 0 aliphatic rings. The minimum absolute atomic E-state index is 0.0894. The first kappa shape index (κ1) is 24.9. The monoisotopic (exact) mass is 485 g/mol. The van der Waals surface area contributed by atoms with E-state index in [9.17, 15) is 18.8 Å². The number of pyridine rings is 1. The molecule has 0 saturated carbocycles. The van der Waals surface area contributed by atoms with Crippen LogP contribution in [-0.4, -0.2) is 43.0 Å². The lowest BCUT2D eigenvalue weighted by Crippen LogP contribution is -2.16. The average molecular weight is 486 g/mol. The number of halogens is 3. The number of nitrogens with zero attached hydrogens (tertiary/aromatic N) is 3. The summed E-state index contributed by atoms with van der Waals surface area (Å²) in [4.78, 5) is 18.4. The van der Waals surface area contributed by atoms with Gasteiger partial charge in [-0.15, -0.1) is 0 Å². The largest absolute Gasteiger partial charge is 0.492 e. The van der Waals surface area contributed by atoms with Crippen LogP contribution in [0.4, 0.5) is 25.8 Å². The molecule has 10 heteroatoms. The van der Waals surface area contributed by atoms with E-state index in [0.29, 0.717) is 28.9 Å². The maximum Gasteiger partial charge on any atom is 0.284 e. The first-order chi connectivity index (χ1) is 16.2. The van der Waals surface area contributed by atoms with Crippen molar-refractivity contribution in [2.75, 3.05) is 37.9 Å². The molecule has 1 heterocycles. The third kappa shape index (κ3) is 5.78. The number of nitriles is 1. The number of ether oxygens (including phenoxy) is 1. The molecule has 2 aromatic carbocycles. The van der Waals surface area contributed by atoms with Crippen LogP contribution in [0.15, 0.2) is 48.4 Å². The van der Waals surface area contributed by atoms with Crippen molar-refractivity contribution in [1.82, 2.24) is 9.88 Å². The van der Waals surface area contributed by atoms with E-state index in [4.69, 9.17) is 16.3 Å². The molecule has 0 radical (unpaired) electrons. The van der Waals surface area contributed by atoms with Gasteiger partial charge in [-0.1, -0.05) is 11.6 Å². The van der Waals surface area contributed by atoms with Crippen molar-refractivity contribution in [3.05, 3.63) is 64.8 Å². The molecule has 1 aromatic heterocycles. The molecule has 2 N–H and O–H groups in total. The number of rotatable bonds is 8. The zero-order chi connectivity index (χ0) is 24.8. The van der Waals surface area contributed by atoms with Gasteiger partial charge in [0, 0.05) is 29.9 Å². The Morgan fingerprint density at radius 2 is 2.09 bits per heavy atom. The van der Waals surface area contributed by atoms with Crippen molar-refractivity contribution in [3.63, 3.8) is 0 Å². The van der Waals surface area contributed by atoms with E-state index >= 15 is 0 Å². The minimum atomic E-state index is -0.945. The summed E-state index contributed by atoms with van der Waals surface area (Å²) >= 11 is 5.88. The van der Waals surface area contributed by atoms with Gasteiger partial charge in [0.15, 0.2) is 5.83 Å². The minimum Gasteiger partial charge on any atom is -0.492 e. The molecule has 34 heavy (non-hydrogen) atoms. The Morgan fingerprint density at radius 3 is 2.74 bits per heavy atom. The van der Waals surface area contributed by atoms with Gasteiger partial charge in [-0.05, 0) is 51.4 Å². The van der Waals surface area contributed by atoms with Crippen molar-refractivity contribution >= 4 is 45.5 Å². The van der Waals surface area contributed by atoms with Gasteiger partial charge in [0.05, 0.1) is 34.1 Å². The lowest BCUT2D eigenvalue weighted by atomic mass is 10.1. The number of likely N-dealkylation sites (N-methyl/N-ethyl adjacent to an activating group) is 1. The van der Waals surface area contributed by atoms with Gasteiger partial charge in [0.25, 0.3) is 5.91 Å². The highest BCUT2D eigenvalue weighted by atomic mass is 35.5. The summed E-state index contributed by atoms with van der Waals surface area (Å²) in [7, 11) is 3.50. The van der Waals surface area contributed by atoms with Crippen LogP contribution in [0.5, 0.6) is 5.75 Å². The van der Waals surface area contributed by atoms with Crippen molar-refractivity contribution in [2.24, 2.45) is 0 Å². The number of amides is 1. The molecule has 0 atom stereocenters. The molecule has 0 unspecified atom stereocenters. The molecule has 0 bridgehead atoms. The van der Waals surface area contributed by atoms with Crippen LogP contribution < -0.4 is 15.4 Å². The molecule has 3 rings (SSSR count). The molecule has 3 aromatic rings. The van der Waals surface area contributed by atoms with Gasteiger partial charge < -0.3 is 20.3 Å². The van der Waals surface area contributed by atoms with Crippen molar-refractivity contribution in [2.45, 2.75) is 6.92 Å². The fraction of sp³-hybridized carbons (Fsp3) is 0.208. The van der Waals surface area contributed by atoms with E-state index in [1.165, 1.54) is 24.4 Å². The smallest absolute Gasteiger partial charge is 0.284 e. The highest BCUT2D eigenvalue weighted by Gasteiger charge is 2.17. The molecule has 0 aliphatic heterocycles. The van der Waals surface area contributed by atoms with Crippen LogP contribution >= 0.6 is 11.6 Å². The van der Waals surface area contributed by atoms with E-state index in [1.54, 1.807) is 38.1 Å². The number of aromatic nitrogens is 1. The number of carbonyl (C=O) groups excluding carboxylic acids is 1. The second-order valence-electron chi connectivity index (χ2n) is 7.48. The molecular weight excluding hydrogens is 464 g/mol. The number of benzene rings is 2. The van der Waals surface area contributed by atoms with Gasteiger partial charge in [0.2, 0.25) is 0 Å². The van der Waals surface area contributed by atoms with Crippen LogP contribution in [-0.2, 0) is 4.79 Å². The number of fused-ring (bicyclic) bond motifs is 1. The number of nitrogens with one attached hydrogen (secondary N) is 2. The van der Waals surface area contributed by atoms with E-state index in [1.807, 2.05) is 0 Å². The highest BCUT2D eigenvalue weighted by Crippen LogP contribution is 2.36. The molecule has 0 aliphatic carbocycles. The number of anilines is 3. The first-order valence-electron chi connectivity index (χ1n) is 10.3.